The van der Waals surface area contributed by atoms with E-state index in [9.17, 15) is 14.4 Å². The molecule has 0 aliphatic carbocycles. The number of rotatable bonds is 6. The van der Waals surface area contributed by atoms with Crippen LogP contribution in [0.25, 0.3) is 0 Å². The zero-order valence-electron chi connectivity index (χ0n) is 9.13. The van der Waals surface area contributed by atoms with Crippen molar-refractivity contribution >= 4 is 18.2 Å². The van der Waals surface area contributed by atoms with Gasteiger partial charge in [-0.15, -0.1) is 0 Å². The maximum Gasteiger partial charge on any atom is 0.312 e. The molecule has 17 heavy (non-hydrogen) atoms. The van der Waals surface area contributed by atoms with Crippen molar-refractivity contribution in [3.8, 4) is 0 Å². The van der Waals surface area contributed by atoms with Crippen LogP contribution in [0.1, 0.15) is 12.0 Å². The molecule has 2 N–H and O–H groups in total. The third-order valence-corrected chi connectivity index (χ3v) is 2.12. The van der Waals surface area contributed by atoms with E-state index in [2.05, 4.69) is 5.32 Å². The Bertz CT molecular complexity index is 402. The highest BCUT2D eigenvalue weighted by atomic mass is 16.4. The van der Waals surface area contributed by atoms with Gasteiger partial charge in [-0.2, -0.15) is 0 Å². The number of hydrogen-bond donors (Lipinski definition) is 2. The molecule has 1 atom stereocenters. The number of aldehydes is 1. The van der Waals surface area contributed by atoms with Crippen molar-refractivity contribution in [2.75, 3.05) is 0 Å². The number of carbonyl (C=O) groups excluding carboxylic acids is 2. The summed E-state index contributed by atoms with van der Waals surface area (Å²) in [7, 11) is 0. The van der Waals surface area contributed by atoms with Gasteiger partial charge < -0.3 is 15.2 Å². The first-order valence-electron chi connectivity index (χ1n) is 5.12. The Hall–Kier alpha value is -2.17. The van der Waals surface area contributed by atoms with Crippen molar-refractivity contribution in [1.29, 1.82) is 0 Å². The van der Waals surface area contributed by atoms with Crippen molar-refractivity contribution in [3.63, 3.8) is 0 Å². The summed E-state index contributed by atoms with van der Waals surface area (Å²) >= 11 is 0. The van der Waals surface area contributed by atoms with Crippen LogP contribution < -0.4 is 5.32 Å². The highest BCUT2D eigenvalue weighted by Crippen LogP contribution is 2.02. The average Bonchev–Trinajstić information content (AvgIpc) is 2.28. The number of benzene rings is 1. The first kappa shape index (κ1) is 12.9. The quantitative estimate of drug-likeness (QED) is 0.551. The standard InChI is InChI=1S/C12H13NO4/c14-8-10(13-11(15)7-12(16)17)6-9-4-2-1-3-5-9/h1-5,8,10H,6-7H2,(H,13,15)(H,16,17)/t10-/m1/s1. The fourth-order valence-corrected chi connectivity index (χ4v) is 1.40. The number of amides is 1. The predicted octanol–water partition coefficient (Wildman–Crippen LogP) is 0.387. The minimum Gasteiger partial charge on any atom is -0.481 e. The van der Waals surface area contributed by atoms with E-state index >= 15 is 0 Å². The van der Waals surface area contributed by atoms with Gasteiger partial charge in [0.25, 0.3) is 0 Å². The van der Waals surface area contributed by atoms with Crippen LogP contribution in [0.4, 0.5) is 0 Å². The third kappa shape index (κ3) is 4.92. The van der Waals surface area contributed by atoms with E-state index in [4.69, 9.17) is 5.11 Å². The Kier molecular flexibility index (Phi) is 4.87. The second-order valence-corrected chi connectivity index (χ2v) is 3.57. The number of carboxylic acids is 1. The van der Waals surface area contributed by atoms with Crippen LogP contribution >= 0.6 is 0 Å². The molecule has 0 aliphatic rings. The van der Waals surface area contributed by atoms with E-state index in [1.807, 2.05) is 30.3 Å². The third-order valence-electron chi connectivity index (χ3n) is 2.12. The summed E-state index contributed by atoms with van der Waals surface area (Å²) in [6, 6.07) is 8.48. The van der Waals surface area contributed by atoms with E-state index in [1.165, 1.54) is 0 Å². The molecule has 1 rings (SSSR count). The minimum absolute atomic E-state index is 0.357. The molecule has 5 nitrogen and oxygen atoms in total. The predicted molar refractivity (Wildman–Crippen MR) is 60.4 cm³/mol. The molecule has 1 aromatic carbocycles. The smallest absolute Gasteiger partial charge is 0.312 e. The van der Waals surface area contributed by atoms with Crippen LogP contribution in [0.15, 0.2) is 30.3 Å². The van der Waals surface area contributed by atoms with E-state index < -0.39 is 24.3 Å². The molecule has 90 valence electrons. The van der Waals surface area contributed by atoms with Crippen molar-refractivity contribution in [3.05, 3.63) is 35.9 Å². The van der Waals surface area contributed by atoms with E-state index in [0.29, 0.717) is 12.7 Å². The Morgan fingerprint density at radius 1 is 1.29 bits per heavy atom. The van der Waals surface area contributed by atoms with Crippen LogP contribution in [0, 0.1) is 0 Å². The van der Waals surface area contributed by atoms with E-state index in [0.717, 1.165) is 5.56 Å². The van der Waals surface area contributed by atoms with Crippen molar-refractivity contribution in [2.24, 2.45) is 0 Å². The molecule has 0 unspecified atom stereocenters. The summed E-state index contributed by atoms with van der Waals surface area (Å²) in [5.74, 6) is -1.88. The molecule has 0 radical (unpaired) electrons. The summed E-state index contributed by atoms with van der Waals surface area (Å²) in [6.07, 6.45) is 0.335. The Balaban J connectivity index is 2.52. The van der Waals surface area contributed by atoms with E-state index in [-0.39, 0.29) is 0 Å². The molecule has 0 aliphatic heterocycles. The fourth-order valence-electron chi connectivity index (χ4n) is 1.40. The van der Waals surface area contributed by atoms with Crippen molar-refractivity contribution < 1.29 is 19.5 Å². The highest BCUT2D eigenvalue weighted by Gasteiger charge is 2.14. The minimum atomic E-state index is -1.22. The summed E-state index contributed by atoms with van der Waals surface area (Å²) in [5, 5.41) is 10.8. The first-order valence-corrected chi connectivity index (χ1v) is 5.12. The van der Waals surface area contributed by atoms with Crippen LogP contribution in [0.5, 0.6) is 0 Å². The number of carbonyl (C=O) groups is 3. The Morgan fingerprint density at radius 3 is 2.47 bits per heavy atom. The van der Waals surface area contributed by atoms with E-state index in [1.54, 1.807) is 0 Å². The lowest BCUT2D eigenvalue weighted by molar-refractivity contribution is -0.141. The molecular weight excluding hydrogens is 222 g/mol. The van der Waals surface area contributed by atoms with Gasteiger partial charge >= 0.3 is 5.97 Å². The lowest BCUT2D eigenvalue weighted by Gasteiger charge is -2.11. The molecule has 0 aromatic heterocycles. The van der Waals surface area contributed by atoms with Gasteiger partial charge in [0.05, 0.1) is 6.04 Å². The Labute approximate surface area is 98.4 Å². The van der Waals surface area contributed by atoms with Crippen LogP contribution in [-0.4, -0.2) is 29.3 Å². The largest absolute Gasteiger partial charge is 0.481 e. The molecule has 0 saturated heterocycles. The molecule has 1 amide bonds. The Morgan fingerprint density at radius 2 is 1.94 bits per heavy atom. The SMILES string of the molecule is O=C[C@@H](Cc1ccccc1)NC(=O)CC(=O)O. The molecule has 0 spiro atoms. The zero-order chi connectivity index (χ0) is 12.7. The second kappa shape index (κ2) is 6.42. The van der Waals surface area contributed by atoms with Gasteiger partial charge in [0, 0.05) is 0 Å². The summed E-state index contributed by atoms with van der Waals surface area (Å²) in [5.41, 5.74) is 0.903. The fraction of sp³-hybridized carbons (Fsp3) is 0.250. The van der Waals surface area contributed by atoms with Gasteiger partial charge in [-0.3, -0.25) is 9.59 Å². The topological polar surface area (TPSA) is 83.5 Å². The lowest BCUT2D eigenvalue weighted by Crippen LogP contribution is -2.38. The molecule has 5 heteroatoms. The molecular formula is C12H13NO4. The normalized spacial score (nSPS) is 11.5. The molecule has 0 fully saturated rings. The lowest BCUT2D eigenvalue weighted by atomic mass is 10.1. The number of carboxylic acid groups (broad SMARTS) is 1. The van der Waals surface area contributed by atoms with Crippen molar-refractivity contribution in [1.82, 2.24) is 5.32 Å². The monoisotopic (exact) mass is 235 g/mol. The summed E-state index contributed by atoms with van der Waals surface area (Å²) in [6.45, 7) is 0. The van der Waals surface area contributed by atoms with Gasteiger partial charge in [0.1, 0.15) is 12.7 Å². The summed E-state index contributed by atoms with van der Waals surface area (Å²) in [4.78, 5) is 32.2. The van der Waals surface area contributed by atoms with Crippen LogP contribution in [0.2, 0.25) is 0 Å². The number of hydrogen-bond acceptors (Lipinski definition) is 3. The maximum absolute atomic E-state index is 11.2. The first-order chi connectivity index (χ1) is 8.11. The zero-order valence-corrected chi connectivity index (χ0v) is 9.13. The highest BCUT2D eigenvalue weighted by molar-refractivity contribution is 5.94. The summed E-state index contributed by atoms with van der Waals surface area (Å²) < 4.78 is 0. The van der Waals surface area contributed by atoms with Crippen LogP contribution in [0.3, 0.4) is 0 Å². The number of nitrogens with one attached hydrogen (secondary N) is 1. The van der Waals surface area contributed by atoms with Gasteiger partial charge in [-0.25, -0.2) is 0 Å². The van der Waals surface area contributed by atoms with Crippen LogP contribution in [-0.2, 0) is 20.8 Å². The van der Waals surface area contributed by atoms with Gasteiger partial charge in [-0.05, 0) is 12.0 Å². The molecule has 0 bridgehead atoms. The average molecular weight is 235 g/mol. The second-order valence-electron chi connectivity index (χ2n) is 3.57. The number of aliphatic carboxylic acids is 1. The molecule has 0 heterocycles. The van der Waals surface area contributed by atoms with Gasteiger partial charge in [-0.1, -0.05) is 30.3 Å². The van der Waals surface area contributed by atoms with Crippen molar-refractivity contribution in [2.45, 2.75) is 18.9 Å². The van der Waals surface area contributed by atoms with Gasteiger partial charge in [0.15, 0.2) is 0 Å². The molecule has 1 aromatic rings. The maximum atomic E-state index is 11.2. The van der Waals surface area contributed by atoms with Gasteiger partial charge in [0.2, 0.25) is 5.91 Å². The molecule has 0 saturated carbocycles.